The summed E-state index contributed by atoms with van der Waals surface area (Å²) < 4.78 is 0. The van der Waals surface area contributed by atoms with Gasteiger partial charge < -0.3 is 5.73 Å². The standard InChI is InChI=1S/C10H13N3O.2ClH/c1-2-13-9-7(4-3-5-12-9)6-8(11)10(13)14;;/h3-5,8H,2,6,11H2,1H3;2*1H. The van der Waals surface area contributed by atoms with Crippen LogP contribution in [0.2, 0.25) is 0 Å². The maximum absolute atomic E-state index is 11.7. The molecule has 1 aliphatic heterocycles. The van der Waals surface area contributed by atoms with E-state index < -0.39 is 6.04 Å². The van der Waals surface area contributed by atoms with Crippen molar-refractivity contribution >= 4 is 36.5 Å². The number of nitrogens with zero attached hydrogens (tertiary/aromatic N) is 2. The fourth-order valence-corrected chi connectivity index (χ4v) is 1.77. The summed E-state index contributed by atoms with van der Waals surface area (Å²) in [5.41, 5.74) is 6.80. The molecule has 1 aromatic heterocycles. The van der Waals surface area contributed by atoms with Crippen LogP contribution in [0.15, 0.2) is 18.3 Å². The third kappa shape index (κ3) is 2.45. The Morgan fingerprint density at radius 1 is 1.56 bits per heavy atom. The van der Waals surface area contributed by atoms with Gasteiger partial charge in [0.15, 0.2) is 0 Å². The maximum Gasteiger partial charge on any atom is 0.245 e. The number of aromatic nitrogens is 1. The molecular weight excluding hydrogens is 249 g/mol. The number of amides is 1. The number of carbonyl (C=O) groups is 1. The lowest BCUT2D eigenvalue weighted by Gasteiger charge is -2.30. The molecule has 90 valence electrons. The lowest BCUT2D eigenvalue weighted by atomic mass is 10.0. The quantitative estimate of drug-likeness (QED) is 0.828. The Kier molecular flexibility index (Phi) is 5.72. The second kappa shape index (κ2) is 6.03. The van der Waals surface area contributed by atoms with Gasteiger partial charge in [-0.1, -0.05) is 6.07 Å². The lowest BCUT2D eigenvalue weighted by molar-refractivity contribution is -0.120. The summed E-state index contributed by atoms with van der Waals surface area (Å²) in [6, 6.07) is 3.43. The van der Waals surface area contributed by atoms with E-state index in [-0.39, 0.29) is 30.7 Å². The van der Waals surface area contributed by atoms with Gasteiger partial charge in [-0.05, 0) is 18.6 Å². The Bertz CT molecular complexity index is 373. The molecule has 0 radical (unpaired) electrons. The molecule has 2 N–H and O–H groups in total. The number of carbonyl (C=O) groups excluding carboxylic acids is 1. The van der Waals surface area contributed by atoms with Crippen LogP contribution in [-0.4, -0.2) is 23.5 Å². The zero-order chi connectivity index (χ0) is 10.1. The van der Waals surface area contributed by atoms with E-state index in [0.717, 1.165) is 11.4 Å². The summed E-state index contributed by atoms with van der Waals surface area (Å²) in [6.07, 6.45) is 2.30. The molecule has 6 heteroatoms. The van der Waals surface area contributed by atoms with Crippen LogP contribution in [0.1, 0.15) is 12.5 Å². The van der Waals surface area contributed by atoms with Crippen molar-refractivity contribution in [2.75, 3.05) is 11.4 Å². The summed E-state index contributed by atoms with van der Waals surface area (Å²) in [6.45, 7) is 2.55. The number of hydrogen-bond donors (Lipinski definition) is 1. The molecule has 0 aliphatic carbocycles. The van der Waals surface area contributed by atoms with Gasteiger partial charge >= 0.3 is 0 Å². The minimum Gasteiger partial charge on any atom is -0.320 e. The largest absolute Gasteiger partial charge is 0.320 e. The molecule has 1 aromatic rings. The SMILES string of the molecule is CCN1C(=O)C(N)Cc2cccnc21.Cl.Cl. The molecular formula is C10H15Cl2N3O. The van der Waals surface area contributed by atoms with Crippen LogP contribution in [0.25, 0.3) is 0 Å². The van der Waals surface area contributed by atoms with Crippen molar-refractivity contribution in [3.8, 4) is 0 Å². The van der Waals surface area contributed by atoms with Gasteiger partial charge in [-0.2, -0.15) is 0 Å². The van der Waals surface area contributed by atoms with Gasteiger partial charge in [0, 0.05) is 19.2 Å². The number of halogens is 2. The van der Waals surface area contributed by atoms with Crippen molar-refractivity contribution in [1.82, 2.24) is 4.98 Å². The molecule has 0 spiro atoms. The third-order valence-corrected chi connectivity index (χ3v) is 2.46. The molecule has 0 saturated carbocycles. The number of likely N-dealkylation sites (N-methyl/N-ethyl adjacent to an activating group) is 1. The van der Waals surface area contributed by atoms with E-state index in [1.54, 1.807) is 11.1 Å². The number of nitrogens with two attached hydrogens (primary N) is 1. The second-order valence-electron chi connectivity index (χ2n) is 3.38. The van der Waals surface area contributed by atoms with E-state index in [2.05, 4.69) is 4.98 Å². The van der Waals surface area contributed by atoms with Crippen molar-refractivity contribution in [2.45, 2.75) is 19.4 Å². The first kappa shape index (κ1) is 15.2. The van der Waals surface area contributed by atoms with E-state index in [9.17, 15) is 4.79 Å². The molecule has 1 amide bonds. The van der Waals surface area contributed by atoms with Crippen LogP contribution >= 0.6 is 24.8 Å². The summed E-state index contributed by atoms with van der Waals surface area (Å²) in [5.74, 6) is 0.736. The predicted molar refractivity (Wildman–Crippen MR) is 68.4 cm³/mol. The second-order valence-corrected chi connectivity index (χ2v) is 3.38. The third-order valence-electron chi connectivity index (χ3n) is 2.46. The molecule has 2 rings (SSSR count). The summed E-state index contributed by atoms with van der Waals surface area (Å²) in [7, 11) is 0. The molecule has 4 nitrogen and oxygen atoms in total. The molecule has 2 heterocycles. The Hall–Kier alpha value is -0.840. The normalized spacial score (nSPS) is 18.2. The summed E-state index contributed by atoms with van der Waals surface area (Å²) in [4.78, 5) is 17.5. The first-order chi connectivity index (χ1) is 6.74. The van der Waals surface area contributed by atoms with E-state index in [0.29, 0.717) is 13.0 Å². The van der Waals surface area contributed by atoms with Gasteiger partial charge in [0.05, 0.1) is 6.04 Å². The first-order valence-electron chi connectivity index (χ1n) is 4.75. The van der Waals surface area contributed by atoms with Crippen molar-refractivity contribution in [3.05, 3.63) is 23.9 Å². The zero-order valence-corrected chi connectivity index (χ0v) is 10.6. The van der Waals surface area contributed by atoms with Gasteiger partial charge in [0.25, 0.3) is 0 Å². The minimum atomic E-state index is -0.411. The molecule has 0 saturated heterocycles. The smallest absolute Gasteiger partial charge is 0.245 e. The van der Waals surface area contributed by atoms with Crippen LogP contribution in [0.3, 0.4) is 0 Å². The molecule has 1 unspecified atom stereocenters. The van der Waals surface area contributed by atoms with Gasteiger partial charge in [0.2, 0.25) is 5.91 Å². The van der Waals surface area contributed by atoms with Crippen LogP contribution in [0, 0.1) is 0 Å². The highest BCUT2D eigenvalue weighted by molar-refractivity contribution is 5.99. The molecule has 1 aliphatic rings. The molecule has 0 fully saturated rings. The monoisotopic (exact) mass is 263 g/mol. The first-order valence-corrected chi connectivity index (χ1v) is 4.75. The number of hydrogen-bond acceptors (Lipinski definition) is 3. The maximum atomic E-state index is 11.7. The van der Waals surface area contributed by atoms with Crippen LogP contribution in [0.5, 0.6) is 0 Å². The topological polar surface area (TPSA) is 59.2 Å². The van der Waals surface area contributed by atoms with Crippen molar-refractivity contribution in [1.29, 1.82) is 0 Å². The van der Waals surface area contributed by atoms with Crippen molar-refractivity contribution in [3.63, 3.8) is 0 Å². The molecule has 0 aromatic carbocycles. The fourth-order valence-electron chi connectivity index (χ4n) is 1.77. The highest BCUT2D eigenvalue weighted by atomic mass is 35.5. The summed E-state index contributed by atoms with van der Waals surface area (Å²) >= 11 is 0. The highest BCUT2D eigenvalue weighted by Gasteiger charge is 2.29. The number of pyridine rings is 1. The Morgan fingerprint density at radius 2 is 2.25 bits per heavy atom. The Labute approximate surface area is 107 Å². The zero-order valence-electron chi connectivity index (χ0n) is 8.92. The molecule has 0 bridgehead atoms. The Morgan fingerprint density at radius 3 is 2.88 bits per heavy atom. The number of fused-ring (bicyclic) bond motifs is 1. The average Bonchev–Trinajstić information content (AvgIpc) is 2.20. The van der Waals surface area contributed by atoms with E-state index >= 15 is 0 Å². The van der Waals surface area contributed by atoms with Gasteiger partial charge in [-0.15, -0.1) is 24.8 Å². The van der Waals surface area contributed by atoms with Crippen LogP contribution in [0.4, 0.5) is 5.82 Å². The Balaban J connectivity index is 0.00000112. The molecule has 16 heavy (non-hydrogen) atoms. The van der Waals surface area contributed by atoms with Crippen LogP contribution in [-0.2, 0) is 11.2 Å². The summed E-state index contributed by atoms with van der Waals surface area (Å²) in [5, 5.41) is 0. The van der Waals surface area contributed by atoms with Crippen LogP contribution < -0.4 is 10.6 Å². The van der Waals surface area contributed by atoms with Gasteiger partial charge in [-0.3, -0.25) is 9.69 Å². The van der Waals surface area contributed by atoms with E-state index in [1.807, 2.05) is 19.1 Å². The highest BCUT2D eigenvalue weighted by Crippen LogP contribution is 2.23. The van der Waals surface area contributed by atoms with Crippen molar-refractivity contribution < 1.29 is 4.79 Å². The molecule has 1 atom stereocenters. The van der Waals surface area contributed by atoms with E-state index in [4.69, 9.17) is 5.73 Å². The van der Waals surface area contributed by atoms with Gasteiger partial charge in [-0.25, -0.2) is 4.98 Å². The van der Waals surface area contributed by atoms with Gasteiger partial charge in [0.1, 0.15) is 5.82 Å². The average molecular weight is 264 g/mol. The van der Waals surface area contributed by atoms with E-state index in [1.165, 1.54) is 0 Å². The fraction of sp³-hybridized carbons (Fsp3) is 0.400. The van der Waals surface area contributed by atoms with Crippen molar-refractivity contribution in [2.24, 2.45) is 5.73 Å². The number of rotatable bonds is 1. The lowest BCUT2D eigenvalue weighted by Crippen LogP contribution is -2.49. The number of anilines is 1. The predicted octanol–water partition coefficient (Wildman–Crippen LogP) is 1.16. The minimum absolute atomic E-state index is 0.